The average Bonchev–Trinajstić information content (AvgIpc) is 2.60. The Labute approximate surface area is 184 Å². The molecular weight excluding hydrogens is 392 g/mol. The van der Waals surface area contributed by atoms with E-state index in [2.05, 4.69) is 52.6 Å². The highest BCUT2D eigenvalue weighted by Crippen LogP contribution is 2.39. The Bertz CT molecular complexity index is 712. The van der Waals surface area contributed by atoms with E-state index in [0.717, 1.165) is 17.8 Å². The average molecular weight is 433 g/mol. The first-order valence-electron chi connectivity index (χ1n) is 10.7. The second-order valence-electron chi connectivity index (χ2n) is 9.50. The van der Waals surface area contributed by atoms with Crippen molar-refractivity contribution in [1.82, 2.24) is 0 Å². The summed E-state index contributed by atoms with van der Waals surface area (Å²) in [6, 6.07) is 10.2. The molecule has 0 aliphatic rings. The minimum atomic E-state index is -2.02. The highest BCUT2D eigenvalue weighted by atomic mass is 28.4. The van der Waals surface area contributed by atoms with E-state index in [1.165, 1.54) is 12.5 Å². The van der Waals surface area contributed by atoms with E-state index in [1.54, 1.807) is 0 Å². The lowest BCUT2D eigenvalue weighted by Gasteiger charge is -2.38. The van der Waals surface area contributed by atoms with Gasteiger partial charge in [0.25, 0.3) is 0 Å². The van der Waals surface area contributed by atoms with Crippen LogP contribution in [0.2, 0.25) is 18.1 Å². The molecule has 0 heterocycles. The van der Waals surface area contributed by atoms with Crippen LogP contribution < -0.4 is 0 Å². The van der Waals surface area contributed by atoms with Gasteiger partial charge in [-0.1, -0.05) is 57.2 Å². The van der Waals surface area contributed by atoms with Crippen LogP contribution in [0.15, 0.2) is 54.3 Å². The maximum Gasteiger partial charge on any atom is 0.304 e. The summed E-state index contributed by atoms with van der Waals surface area (Å²) in [6.45, 7) is 20.4. The van der Waals surface area contributed by atoms with Crippen LogP contribution in [0.1, 0.15) is 59.9 Å². The molecule has 1 unspecified atom stereocenters. The summed E-state index contributed by atoms with van der Waals surface area (Å²) >= 11 is 0. The third kappa shape index (κ3) is 8.88. The molecule has 0 saturated carbocycles. The molecule has 0 saturated heterocycles. The first-order valence-corrected chi connectivity index (χ1v) is 13.6. The van der Waals surface area contributed by atoms with Gasteiger partial charge in [0, 0.05) is 6.92 Å². The lowest BCUT2D eigenvalue weighted by atomic mass is 10.1. The van der Waals surface area contributed by atoms with Gasteiger partial charge in [0.15, 0.2) is 0 Å². The van der Waals surface area contributed by atoms with Crippen LogP contribution in [-0.4, -0.2) is 26.7 Å². The quantitative estimate of drug-likeness (QED) is 0.127. The van der Waals surface area contributed by atoms with Gasteiger partial charge >= 0.3 is 5.97 Å². The first kappa shape index (κ1) is 26.2. The number of carbonyl (C=O) groups is 1. The molecule has 0 spiro atoms. The zero-order valence-electron chi connectivity index (χ0n) is 20.1. The SMILES string of the molecule is C=CC[C@@H](Cc1ccccc1)OC(CC(O[Si](C)(C)C(C)(C)C)=C(C)C)OC(C)=O. The predicted molar refractivity (Wildman–Crippen MR) is 127 cm³/mol. The van der Waals surface area contributed by atoms with Crippen molar-refractivity contribution in [3.63, 3.8) is 0 Å². The van der Waals surface area contributed by atoms with Crippen molar-refractivity contribution in [2.45, 2.75) is 91.3 Å². The fraction of sp³-hybridized carbons (Fsp3) is 0.560. The topological polar surface area (TPSA) is 44.8 Å². The number of benzene rings is 1. The van der Waals surface area contributed by atoms with Crippen LogP contribution in [0, 0.1) is 0 Å². The zero-order valence-corrected chi connectivity index (χ0v) is 21.1. The highest BCUT2D eigenvalue weighted by molar-refractivity contribution is 6.74. The van der Waals surface area contributed by atoms with Gasteiger partial charge in [-0.25, -0.2) is 0 Å². The van der Waals surface area contributed by atoms with Gasteiger partial charge in [-0.05, 0) is 56.0 Å². The molecular formula is C25H40O4Si. The molecule has 168 valence electrons. The van der Waals surface area contributed by atoms with E-state index in [9.17, 15) is 4.79 Å². The largest absolute Gasteiger partial charge is 0.546 e. The van der Waals surface area contributed by atoms with E-state index in [1.807, 2.05) is 38.1 Å². The predicted octanol–water partition coefficient (Wildman–Crippen LogP) is 6.79. The molecule has 5 heteroatoms. The molecule has 1 aromatic rings. The van der Waals surface area contributed by atoms with Crippen molar-refractivity contribution < 1.29 is 18.7 Å². The van der Waals surface area contributed by atoms with E-state index in [-0.39, 0.29) is 17.1 Å². The Morgan fingerprint density at radius 2 is 1.73 bits per heavy atom. The number of hydrogen-bond donors (Lipinski definition) is 0. The van der Waals surface area contributed by atoms with Crippen molar-refractivity contribution in [2.75, 3.05) is 0 Å². The van der Waals surface area contributed by atoms with E-state index >= 15 is 0 Å². The van der Waals surface area contributed by atoms with Crippen molar-refractivity contribution in [3.05, 3.63) is 59.9 Å². The van der Waals surface area contributed by atoms with Crippen molar-refractivity contribution in [1.29, 1.82) is 0 Å². The summed E-state index contributed by atoms with van der Waals surface area (Å²) in [5.74, 6) is 0.488. The number of esters is 1. The molecule has 2 atom stereocenters. The van der Waals surface area contributed by atoms with Crippen molar-refractivity contribution >= 4 is 14.3 Å². The van der Waals surface area contributed by atoms with Gasteiger partial charge in [0.1, 0.15) is 0 Å². The third-order valence-corrected chi connectivity index (χ3v) is 9.84. The molecule has 0 aliphatic heterocycles. The molecule has 0 amide bonds. The van der Waals surface area contributed by atoms with Crippen LogP contribution in [0.3, 0.4) is 0 Å². The number of allylic oxidation sites excluding steroid dienone is 1. The summed E-state index contributed by atoms with van der Waals surface area (Å²) in [5.41, 5.74) is 2.25. The minimum absolute atomic E-state index is 0.0736. The molecule has 0 radical (unpaired) electrons. The summed E-state index contributed by atoms with van der Waals surface area (Å²) in [6.07, 6.45) is 2.78. The second kappa shape index (κ2) is 11.5. The monoisotopic (exact) mass is 432 g/mol. The van der Waals surface area contributed by atoms with Crippen molar-refractivity contribution in [3.8, 4) is 0 Å². The molecule has 0 fully saturated rings. The summed E-state index contributed by atoms with van der Waals surface area (Å²) in [4.78, 5) is 11.8. The van der Waals surface area contributed by atoms with Gasteiger partial charge in [0.05, 0.1) is 18.3 Å². The van der Waals surface area contributed by atoms with E-state index in [4.69, 9.17) is 13.9 Å². The van der Waals surface area contributed by atoms with Gasteiger partial charge in [-0.2, -0.15) is 0 Å². The summed E-state index contributed by atoms with van der Waals surface area (Å²) in [5, 5.41) is 0.0736. The van der Waals surface area contributed by atoms with E-state index in [0.29, 0.717) is 12.8 Å². The van der Waals surface area contributed by atoms with E-state index < -0.39 is 14.6 Å². The Morgan fingerprint density at radius 3 is 2.20 bits per heavy atom. The molecule has 0 bridgehead atoms. The molecule has 0 N–H and O–H groups in total. The van der Waals surface area contributed by atoms with Crippen LogP contribution in [-0.2, 0) is 25.1 Å². The molecule has 1 aromatic carbocycles. The fourth-order valence-electron chi connectivity index (χ4n) is 2.73. The maximum atomic E-state index is 11.8. The molecule has 1 rings (SSSR count). The summed E-state index contributed by atoms with van der Waals surface area (Å²) in [7, 11) is -2.02. The lowest BCUT2D eigenvalue weighted by Crippen LogP contribution is -2.41. The van der Waals surface area contributed by atoms with Crippen LogP contribution in [0.25, 0.3) is 0 Å². The smallest absolute Gasteiger partial charge is 0.304 e. The molecule has 0 aliphatic carbocycles. The maximum absolute atomic E-state index is 11.8. The van der Waals surface area contributed by atoms with Gasteiger partial charge < -0.3 is 13.9 Å². The summed E-state index contributed by atoms with van der Waals surface area (Å²) < 4.78 is 18.4. The zero-order chi connectivity index (χ0) is 22.9. The highest BCUT2D eigenvalue weighted by Gasteiger charge is 2.40. The van der Waals surface area contributed by atoms with Crippen LogP contribution in [0.4, 0.5) is 0 Å². The first-order chi connectivity index (χ1) is 13.9. The minimum Gasteiger partial charge on any atom is -0.546 e. The Hall–Kier alpha value is -1.85. The molecule has 30 heavy (non-hydrogen) atoms. The Kier molecular flexibility index (Phi) is 10.0. The number of hydrogen-bond acceptors (Lipinski definition) is 4. The van der Waals surface area contributed by atoms with Gasteiger partial charge in [-0.3, -0.25) is 4.79 Å². The molecule has 0 aromatic heterocycles. The third-order valence-electron chi connectivity index (χ3n) is 5.47. The Morgan fingerprint density at radius 1 is 1.13 bits per heavy atom. The van der Waals surface area contributed by atoms with Crippen LogP contribution in [0.5, 0.6) is 0 Å². The molecule has 4 nitrogen and oxygen atoms in total. The number of rotatable bonds is 11. The van der Waals surface area contributed by atoms with Gasteiger partial charge in [-0.15, -0.1) is 6.58 Å². The van der Waals surface area contributed by atoms with Gasteiger partial charge in [0.2, 0.25) is 14.6 Å². The number of carbonyl (C=O) groups excluding carboxylic acids is 1. The normalized spacial score (nSPS) is 13.9. The Balaban J connectivity index is 3.03. The second-order valence-corrected chi connectivity index (χ2v) is 14.2. The number of ether oxygens (including phenoxy) is 2. The van der Waals surface area contributed by atoms with Crippen LogP contribution >= 0.6 is 0 Å². The fourth-order valence-corrected chi connectivity index (χ4v) is 3.94. The standard InChI is InChI=1S/C25H40O4Si/c1-10-14-22(17-21-15-12-11-13-16-21)28-24(27-20(4)26)18-23(19(2)3)29-30(8,9)25(5,6)7/h10-13,15-16,22,24H,1,14,17-18H2,2-9H3/t22-,24?/m0/s1. The lowest BCUT2D eigenvalue weighted by molar-refractivity contribution is -0.187. The van der Waals surface area contributed by atoms with Crippen molar-refractivity contribution in [2.24, 2.45) is 0 Å².